The molecule has 1 heterocycles. The lowest BCUT2D eigenvalue weighted by Crippen LogP contribution is -2.35. The molecule has 18 heavy (non-hydrogen) atoms. The molecule has 0 aliphatic rings. The fourth-order valence-corrected chi connectivity index (χ4v) is 1.87. The standard InChI is InChI=1S/C13H16N2O3/c1-2-18-9-5-8-15-12(16)10-6-3-4-7-11(10)14-13(15)17/h3-4,6-7H,2,5,8-9H2,1H3,(H,14,17). The first kappa shape index (κ1) is 12.6. The number of hydrogen-bond acceptors (Lipinski definition) is 3. The molecule has 0 aliphatic carbocycles. The van der Waals surface area contributed by atoms with Crippen LogP contribution in [-0.2, 0) is 11.3 Å². The molecular formula is C13H16N2O3. The highest BCUT2D eigenvalue weighted by molar-refractivity contribution is 5.76. The number of nitrogens with one attached hydrogen (secondary N) is 1. The summed E-state index contributed by atoms with van der Waals surface area (Å²) >= 11 is 0. The zero-order chi connectivity index (χ0) is 13.0. The van der Waals surface area contributed by atoms with Gasteiger partial charge in [0.2, 0.25) is 0 Å². The van der Waals surface area contributed by atoms with E-state index in [0.29, 0.717) is 37.1 Å². The van der Waals surface area contributed by atoms with E-state index < -0.39 is 0 Å². The Morgan fingerprint density at radius 2 is 2.06 bits per heavy atom. The molecule has 0 bridgehead atoms. The van der Waals surface area contributed by atoms with Gasteiger partial charge in [-0.25, -0.2) is 4.79 Å². The van der Waals surface area contributed by atoms with Crippen molar-refractivity contribution in [3.63, 3.8) is 0 Å². The highest BCUT2D eigenvalue weighted by atomic mass is 16.5. The topological polar surface area (TPSA) is 64.1 Å². The third-order valence-corrected chi connectivity index (χ3v) is 2.76. The van der Waals surface area contributed by atoms with Gasteiger partial charge >= 0.3 is 5.69 Å². The summed E-state index contributed by atoms with van der Waals surface area (Å²) in [6.45, 7) is 3.48. The maximum Gasteiger partial charge on any atom is 0.328 e. The average Bonchev–Trinajstić information content (AvgIpc) is 2.38. The Balaban J connectivity index is 2.33. The van der Waals surface area contributed by atoms with Crippen molar-refractivity contribution in [3.8, 4) is 0 Å². The summed E-state index contributed by atoms with van der Waals surface area (Å²) in [5.41, 5.74) is -0.0328. The SMILES string of the molecule is CCOCCCn1c(=O)[nH]c2ccccc2c1=O. The predicted octanol–water partition coefficient (Wildman–Crippen LogP) is 1.12. The Kier molecular flexibility index (Phi) is 3.94. The van der Waals surface area contributed by atoms with Crippen LogP contribution in [0.4, 0.5) is 0 Å². The summed E-state index contributed by atoms with van der Waals surface area (Å²) in [6, 6.07) is 7.01. The van der Waals surface area contributed by atoms with Gasteiger partial charge in [-0.15, -0.1) is 0 Å². The van der Waals surface area contributed by atoms with Gasteiger partial charge in [0.1, 0.15) is 0 Å². The largest absolute Gasteiger partial charge is 0.382 e. The van der Waals surface area contributed by atoms with Crippen molar-refractivity contribution in [2.24, 2.45) is 0 Å². The van der Waals surface area contributed by atoms with Crippen molar-refractivity contribution in [2.45, 2.75) is 19.9 Å². The number of para-hydroxylation sites is 1. The average molecular weight is 248 g/mol. The number of rotatable bonds is 5. The summed E-state index contributed by atoms with van der Waals surface area (Å²) < 4.78 is 6.42. The van der Waals surface area contributed by atoms with Crippen LogP contribution < -0.4 is 11.2 Å². The van der Waals surface area contributed by atoms with Gasteiger partial charge < -0.3 is 9.72 Å². The van der Waals surface area contributed by atoms with Crippen molar-refractivity contribution in [1.29, 1.82) is 0 Å². The van der Waals surface area contributed by atoms with Gasteiger partial charge in [0.15, 0.2) is 0 Å². The highest BCUT2D eigenvalue weighted by Gasteiger charge is 2.06. The van der Waals surface area contributed by atoms with Crippen LogP contribution in [0.3, 0.4) is 0 Å². The smallest absolute Gasteiger partial charge is 0.328 e. The van der Waals surface area contributed by atoms with E-state index in [1.54, 1.807) is 24.3 Å². The number of aromatic amines is 1. The lowest BCUT2D eigenvalue weighted by molar-refractivity contribution is 0.141. The quantitative estimate of drug-likeness (QED) is 0.806. The Morgan fingerprint density at radius 3 is 2.83 bits per heavy atom. The van der Waals surface area contributed by atoms with E-state index in [0.717, 1.165) is 0 Å². The minimum atomic E-state index is -0.366. The molecule has 0 fully saturated rings. The zero-order valence-electron chi connectivity index (χ0n) is 10.3. The third-order valence-electron chi connectivity index (χ3n) is 2.76. The molecule has 0 unspecified atom stereocenters. The van der Waals surface area contributed by atoms with E-state index >= 15 is 0 Å². The van der Waals surface area contributed by atoms with Crippen LogP contribution in [0.15, 0.2) is 33.9 Å². The second-order valence-corrected chi connectivity index (χ2v) is 3.98. The van der Waals surface area contributed by atoms with Gasteiger partial charge in [-0.05, 0) is 25.5 Å². The molecule has 0 amide bonds. The number of hydrogen-bond donors (Lipinski definition) is 1. The van der Waals surface area contributed by atoms with Crippen molar-refractivity contribution in [2.75, 3.05) is 13.2 Å². The van der Waals surface area contributed by atoms with Gasteiger partial charge in [-0.3, -0.25) is 9.36 Å². The van der Waals surface area contributed by atoms with Crippen LogP contribution in [-0.4, -0.2) is 22.8 Å². The van der Waals surface area contributed by atoms with Crippen molar-refractivity contribution in [1.82, 2.24) is 9.55 Å². The third kappa shape index (κ3) is 2.51. The van der Waals surface area contributed by atoms with Gasteiger partial charge in [0, 0.05) is 19.8 Å². The number of benzene rings is 1. The molecule has 0 spiro atoms. The van der Waals surface area contributed by atoms with Crippen LogP contribution in [0, 0.1) is 0 Å². The summed E-state index contributed by atoms with van der Waals surface area (Å²) in [6.07, 6.45) is 0.648. The molecule has 2 aromatic rings. The Morgan fingerprint density at radius 1 is 1.28 bits per heavy atom. The van der Waals surface area contributed by atoms with E-state index in [2.05, 4.69) is 4.98 Å². The van der Waals surface area contributed by atoms with Crippen LogP contribution >= 0.6 is 0 Å². The highest BCUT2D eigenvalue weighted by Crippen LogP contribution is 2.02. The normalized spacial score (nSPS) is 10.9. The molecule has 0 aliphatic heterocycles. The molecule has 1 aromatic heterocycles. The molecule has 1 N–H and O–H groups in total. The molecule has 2 rings (SSSR count). The Bertz CT molecular complexity index is 642. The molecule has 1 aromatic carbocycles. The second-order valence-electron chi connectivity index (χ2n) is 3.98. The number of nitrogens with zero attached hydrogens (tertiary/aromatic N) is 1. The van der Waals surface area contributed by atoms with E-state index in [4.69, 9.17) is 4.74 Å². The van der Waals surface area contributed by atoms with E-state index in [-0.39, 0.29) is 11.2 Å². The molecule has 0 radical (unpaired) electrons. The minimum Gasteiger partial charge on any atom is -0.382 e. The van der Waals surface area contributed by atoms with E-state index in [1.807, 2.05) is 6.92 Å². The van der Waals surface area contributed by atoms with Crippen molar-refractivity contribution >= 4 is 10.9 Å². The molecule has 0 saturated heterocycles. The number of fused-ring (bicyclic) bond motifs is 1. The zero-order valence-corrected chi connectivity index (χ0v) is 10.3. The minimum absolute atomic E-state index is 0.245. The number of aromatic nitrogens is 2. The lowest BCUT2D eigenvalue weighted by Gasteiger charge is -2.06. The maximum atomic E-state index is 12.1. The number of H-pyrrole nitrogens is 1. The summed E-state index contributed by atoms with van der Waals surface area (Å²) in [5.74, 6) is 0. The van der Waals surface area contributed by atoms with Crippen LogP contribution in [0.5, 0.6) is 0 Å². The van der Waals surface area contributed by atoms with Crippen LogP contribution in [0.2, 0.25) is 0 Å². The summed E-state index contributed by atoms with van der Waals surface area (Å²) in [5, 5.41) is 0.536. The van der Waals surface area contributed by atoms with Gasteiger partial charge in [0.05, 0.1) is 10.9 Å². The van der Waals surface area contributed by atoms with Gasteiger partial charge in [0.25, 0.3) is 5.56 Å². The molecular weight excluding hydrogens is 232 g/mol. The summed E-state index contributed by atoms with van der Waals surface area (Å²) in [4.78, 5) is 26.6. The van der Waals surface area contributed by atoms with Crippen molar-refractivity contribution in [3.05, 3.63) is 45.1 Å². The monoisotopic (exact) mass is 248 g/mol. The fourth-order valence-electron chi connectivity index (χ4n) is 1.87. The van der Waals surface area contributed by atoms with E-state index in [9.17, 15) is 9.59 Å². The van der Waals surface area contributed by atoms with Gasteiger partial charge in [-0.1, -0.05) is 12.1 Å². The predicted molar refractivity (Wildman–Crippen MR) is 69.9 cm³/mol. The number of ether oxygens (including phenoxy) is 1. The first-order chi connectivity index (χ1) is 8.74. The van der Waals surface area contributed by atoms with E-state index in [1.165, 1.54) is 4.57 Å². The molecule has 96 valence electrons. The first-order valence-corrected chi connectivity index (χ1v) is 6.03. The summed E-state index contributed by atoms with van der Waals surface area (Å²) in [7, 11) is 0. The molecule has 5 nitrogen and oxygen atoms in total. The van der Waals surface area contributed by atoms with Crippen LogP contribution in [0.25, 0.3) is 10.9 Å². The molecule has 5 heteroatoms. The lowest BCUT2D eigenvalue weighted by atomic mass is 10.2. The fraction of sp³-hybridized carbons (Fsp3) is 0.385. The first-order valence-electron chi connectivity index (χ1n) is 6.03. The Labute approximate surface area is 104 Å². The second kappa shape index (κ2) is 5.64. The van der Waals surface area contributed by atoms with Crippen LogP contribution in [0.1, 0.15) is 13.3 Å². The molecule has 0 saturated carbocycles. The van der Waals surface area contributed by atoms with Crippen molar-refractivity contribution < 1.29 is 4.74 Å². The Hall–Kier alpha value is -1.88. The van der Waals surface area contributed by atoms with Gasteiger partial charge in [-0.2, -0.15) is 0 Å². The molecule has 0 atom stereocenters. The maximum absolute atomic E-state index is 12.1.